The van der Waals surface area contributed by atoms with E-state index in [1.165, 1.54) is 16.0 Å². The number of hydrogen-bond donors (Lipinski definition) is 0. The highest BCUT2D eigenvalue weighted by atomic mass is 32.2. The number of carbonyl (C=O) groups excluding carboxylic acids is 2. The van der Waals surface area contributed by atoms with Crippen LogP contribution in [0.4, 0.5) is 5.69 Å². The lowest BCUT2D eigenvalue weighted by atomic mass is 10.1. The normalized spacial score (nSPS) is 18.5. The monoisotopic (exact) mass is 393 g/mol. The summed E-state index contributed by atoms with van der Waals surface area (Å²) in [5, 5.41) is 4.80. The molecule has 0 bridgehead atoms. The number of benzene rings is 1. The van der Waals surface area contributed by atoms with E-state index in [0.29, 0.717) is 13.1 Å². The third kappa shape index (κ3) is 3.83. The second-order valence-corrected chi connectivity index (χ2v) is 8.43. The van der Waals surface area contributed by atoms with E-state index in [1.807, 2.05) is 6.92 Å². The minimum Gasteiger partial charge on any atom is -0.465 e. The van der Waals surface area contributed by atoms with Gasteiger partial charge in [-0.2, -0.15) is 5.10 Å². The molecule has 0 atom stereocenters. The number of ether oxygens (including phenoxy) is 1. The molecule has 2 aliphatic heterocycles. The smallest absolute Gasteiger partial charge is 0.327 e. The summed E-state index contributed by atoms with van der Waals surface area (Å²) in [6, 6.07) is 4.75. The van der Waals surface area contributed by atoms with Gasteiger partial charge in [0.15, 0.2) is 0 Å². The summed E-state index contributed by atoms with van der Waals surface area (Å²) in [5.74, 6) is -1.16. The molecular formula is C18H23N3O5S. The summed E-state index contributed by atoms with van der Waals surface area (Å²) in [5.41, 5.74) is 1.09. The SMILES string of the molecule is CCOC(=O)CN1N=C(C(=O)N2CCCCC2)S(=O)(=O)c2ccc(C)cc21. The van der Waals surface area contributed by atoms with Gasteiger partial charge in [-0.25, -0.2) is 8.42 Å². The predicted molar refractivity (Wildman–Crippen MR) is 100 cm³/mol. The van der Waals surface area contributed by atoms with Gasteiger partial charge in [0.25, 0.3) is 5.91 Å². The van der Waals surface area contributed by atoms with Gasteiger partial charge in [-0.1, -0.05) is 6.07 Å². The van der Waals surface area contributed by atoms with Crippen molar-refractivity contribution in [2.75, 3.05) is 31.3 Å². The molecule has 1 aromatic carbocycles. The van der Waals surface area contributed by atoms with Crippen molar-refractivity contribution < 1.29 is 22.7 Å². The number of fused-ring (bicyclic) bond motifs is 1. The lowest BCUT2D eigenvalue weighted by Gasteiger charge is -2.31. The van der Waals surface area contributed by atoms with Crippen molar-refractivity contribution >= 4 is 32.4 Å². The lowest BCUT2D eigenvalue weighted by molar-refractivity contribution is -0.141. The second-order valence-electron chi connectivity index (χ2n) is 6.60. The summed E-state index contributed by atoms with van der Waals surface area (Å²) >= 11 is 0. The summed E-state index contributed by atoms with van der Waals surface area (Å²) in [7, 11) is -4.06. The zero-order valence-corrected chi connectivity index (χ0v) is 16.3. The zero-order chi connectivity index (χ0) is 19.6. The Hall–Kier alpha value is -2.42. The number of esters is 1. The van der Waals surface area contributed by atoms with Crippen molar-refractivity contribution in [3.8, 4) is 0 Å². The Morgan fingerprint density at radius 3 is 2.56 bits per heavy atom. The van der Waals surface area contributed by atoms with Gasteiger partial charge in [0.2, 0.25) is 14.9 Å². The fourth-order valence-corrected chi connectivity index (χ4v) is 4.68. The molecule has 1 saturated heterocycles. The number of nitrogens with zero attached hydrogens (tertiary/aromatic N) is 3. The first kappa shape index (κ1) is 19.3. The molecule has 2 heterocycles. The number of sulfone groups is 1. The minimum absolute atomic E-state index is 0.0206. The topological polar surface area (TPSA) is 96.3 Å². The van der Waals surface area contributed by atoms with E-state index in [1.54, 1.807) is 19.1 Å². The van der Waals surface area contributed by atoms with E-state index in [4.69, 9.17) is 4.74 Å². The number of likely N-dealkylation sites (tertiary alicyclic amines) is 1. The fraction of sp³-hybridized carbons (Fsp3) is 0.500. The number of carbonyl (C=O) groups is 2. The van der Waals surface area contributed by atoms with Gasteiger partial charge in [-0.3, -0.25) is 14.6 Å². The molecule has 3 rings (SSSR count). The molecular weight excluding hydrogens is 370 g/mol. The van der Waals surface area contributed by atoms with Crippen LogP contribution in [0.1, 0.15) is 31.7 Å². The molecule has 2 aliphatic rings. The van der Waals surface area contributed by atoms with Crippen LogP contribution in [-0.2, 0) is 24.2 Å². The Labute approximate surface area is 158 Å². The van der Waals surface area contributed by atoms with Crippen molar-refractivity contribution in [2.45, 2.75) is 38.0 Å². The summed E-state index contributed by atoms with van der Waals surface area (Å²) in [6.07, 6.45) is 2.68. The molecule has 0 aliphatic carbocycles. The second kappa shape index (κ2) is 7.67. The maximum Gasteiger partial charge on any atom is 0.327 e. The summed E-state index contributed by atoms with van der Waals surface area (Å²) in [4.78, 5) is 26.3. The molecule has 0 unspecified atom stereocenters. The molecule has 0 radical (unpaired) electrons. The molecule has 8 nitrogen and oxygen atoms in total. The maximum atomic E-state index is 13.0. The largest absolute Gasteiger partial charge is 0.465 e. The van der Waals surface area contributed by atoms with Gasteiger partial charge < -0.3 is 9.64 Å². The average molecular weight is 393 g/mol. The number of aryl methyl sites for hydroxylation is 1. The Morgan fingerprint density at radius 2 is 1.89 bits per heavy atom. The number of hydrazone groups is 1. The van der Waals surface area contributed by atoms with E-state index in [2.05, 4.69) is 5.10 Å². The Morgan fingerprint density at radius 1 is 1.19 bits per heavy atom. The number of piperidine rings is 1. The number of hydrogen-bond acceptors (Lipinski definition) is 7. The minimum atomic E-state index is -4.06. The third-order valence-electron chi connectivity index (χ3n) is 4.56. The lowest BCUT2D eigenvalue weighted by Crippen LogP contribution is -2.46. The molecule has 0 N–H and O–H groups in total. The number of anilines is 1. The number of amides is 1. The van der Waals surface area contributed by atoms with Crippen LogP contribution in [0.2, 0.25) is 0 Å². The molecule has 1 amide bonds. The van der Waals surface area contributed by atoms with E-state index in [0.717, 1.165) is 24.8 Å². The van der Waals surface area contributed by atoms with Gasteiger partial charge in [0.1, 0.15) is 6.54 Å². The molecule has 146 valence electrons. The van der Waals surface area contributed by atoms with Crippen LogP contribution in [-0.4, -0.2) is 56.5 Å². The van der Waals surface area contributed by atoms with Crippen molar-refractivity contribution in [3.05, 3.63) is 23.8 Å². The fourth-order valence-electron chi connectivity index (χ4n) is 3.22. The van der Waals surface area contributed by atoms with Gasteiger partial charge in [-0.05, 0) is 50.8 Å². The summed E-state index contributed by atoms with van der Waals surface area (Å²) < 4.78 is 31.0. The van der Waals surface area contributed by atoms with Crippen molar-refractivity contribution in [1.82, 2.24) is 4.90 Å². The molecule has 1 fully saturated rings. The molecule has 1 aromatic rings. The average Bonchev–Trinajstić information content (AvgIpc) is 2.64. The quantitative estimate of drug-likeness (QED) is 0.719. The first-order chi connectivity index (χ1) is 12.8. The van der Waals surface area contributed by atoms with E-state index in [9.17, 15) is 18.0 Å². The van der Waals surface area contributed by atoms with Gasteiger partial charge in [0.05, 0.1) is 17.2 Å². The molecule has 0 saturated carbocycles. The first-order valence-electron chi connectivity index (χ1n) is 9.01. The summed E-state index contributed by atoms with van der Waals surface area (Å²) in [6.45, 7) is 4.45. The van der Waals surface area contributed by atoms with E-state index >= 15 is 0 Å². The highest BCUT2D eigenvalue weighted by molar-refractivity contribution is 8.08. The van der Waals surface area contributed by atoms with Crippen LogP contribution in [0.5, 0.6) is 0 Å². The Balaban J connectivity index is 2.04. The predicted octanol–water partition coefficient (Wildman–Crippen LogP) is 1.48. The zero-order valence-electron chi connectivity index (χ0n) is 15.5. The molecule has 27 heavy (non-hydrogen) atoms. The number of rotatable bonds is 4. The first-order valence-corrected chi connectivity index (χ1v) is 10.5. The van der Waals surface area contributed by atoms with Crippen LogP contribution in [0, 0.1) is 6.92 Å². The van der Waals surface area contributed by atoms with Crippen LogP contribution < -0.4 is 5.01 Å². The Kier molecular flexibility index (Phi) is 5.50. The maximum absolute atomic E-state index is 13.0. The van der Waals surface area contributed by atoms with Gasteiger partial charge >= 0.3 is 5.97 Å². The van der Waals surface area contributed by atoms with Gasteiger partial charge in [-0.15, -0.1) is 0 Å². The van der Waals surface area contributed by atoms with Crippen molar-refractivity contribution in [1.29, 1.82) is 0 Å². The molecule has 0 aromatic heterocycles. The molecule has 0 spiro atoms. The molecule has 9 heteroatoms. The highest BCUT2D eigenvalue weighted by Gasteiger charge is 2.40. The standard InChI is InChI=1S/C18H23N3O5S/c1-3-26-16(22)12-21-14-11-13(2)7-8-15(14)27(24,25)17(19-21)18(23)20-9-5-4-6-10-20/h7-8,11H,3-6,9-10,12H2,1-2H3. The van der Waals surface area contributed by atoms with Crippen LogP contribution in [0.25, 0.3) is 0 Å². The van der Waals surface area contributed by atoms with Crippen LogP contribution in [0.3, 0.4) is 0 Å². The van der Waals surface area contributed by atoms with Crippen molar-refractivity contribution in [3.63, 3.8) is 0 Å². The van der Waals surface area contributed by atoms with Crippen molar-refractivity contribution in [2.24, 2.45) is 5.10 Å². The van der Waals surface area contributed by atoms with E-state index < -0.39 is 26.8 Å². The van der Waals surface area contributed by atoms with Crippen LogP contribution >= 0.6 is 0 Å². The van der Waals surface area contributed by atoms with Crippen LogP contribution in [0.15, 0.2) is 28.2 Å². The Bertz CT molecular complexity index is 888. The van der Waals surface area contributed by atoms with Gasteiger partial charge in [0, 0.05) is 13.1 Å². The third-order valence-corrected chi connectivity index (χ3v) is 6.25. The highest BCUT2D eigenvalue weighted by Crippen LogP contribution is 2.33. The van der Waals surface area contributed by atoms with E-state index in [-0.39, 0.29) is 23.7 Å².